The van der Waals surface area contributed by atoms with E-state index in [0.29, 0.717) is 12.8 Å². The summed E-state index contributed by atoms with van der Waals surface area (Å²) in [6, 6.07) is 0. The molecule has 0 fully saturated rings. The van der Waals surface area contributed by atoms with Crippen molar-refractivity contribution in [3.8, 4) is 0 Å². The summed E-state index contributed by atoms with van der Waals surface area (Å²) in [4.78, 5) is 20.6. The molecule has 0 saturated heterocycles. The summed E-state index contributed by atoms with van der Waals surface area (Å²) in [5.41, 5.74) is 0. The van der Waals surface area contributed by atoms with Crippen LogP contribution >= 0.6 is 0 Å². The van der Waals surface area contributed by atoms with Gasteiger partial charge in [0, 0.05) is 12.8 Å². The van der Waals surface area contributed by atoms with Crippen molar-refractivity contribution in [1.29, 1.82) is 0 Å². The molecule has 0 radical (unpaired) electrons. The van der Waals surface area contributed by atoms with Crippen LogP contribution in [0, 0.1) is 0 Å². The van der Waals surface area contributed by atoms with Gasteiger partial charge in [-0.15, -0.1) is 0 Å². The van der Waals surface area contributed by atoms with Gasteiger partial charge < -0.3 is 25.5 Å². The van der Waals surface area contributed by atoms with Crippen LogP contribution in [0.3, 0.4) is 0 Å². The molecule has 7 nitrogen and oxygen atoms in total. The zero-order chi connectivity index (χ0) is 34.8. The molecule has 0 bridgehead atoms. The number of aliphatic hydroxyl groups is 3. The Morgan fingerprint density at radius 1 is 0.457 bits per heavy atom. The van der Waals surface area contributed by atoms with Crippen molar-refractivity contribution in [1.82, 2.24) is 0 Å². The van der Waals surface area contributed by atoms with Gasteiger partial charge in [-0.25, -0.2) is 0 Å². The van der Waals surface area contributed by atoms with E-state index in [-0.39, 0.29) is 13.2 Å². The molecule has 0 aromatic rings. The first-order valence-electron chi connectivity index (χ1n) is 18.3. The van der Waals surface area contributed by atoms with Gasteiger partial charge in [0.2, 0.25) is 0 Å². The molecule has 0 unspecified atom stereocenters. The Hall–Kier alpha value is -2.22. The lowest BCUT2D eigenvalue weighted by atomic mass is 10.1. The summed E-state index contributed by atoms with van der Waals surface area (Å²) < 4.78 is 0. The molecule has 0 aromatic carbocycles. The number of hydrogen-bond donors (Lipinski definition) is 5. The highest BCUT2D eigenvalue weighted by atomic mass is 16.4. The second kappa shape index (κ2) is 44.9. The lowest BCUT2D eigenvalue weighted by Crippen LogP contribution is -2.15. The molecule has 0 aliphatic carbocycles. The highest BCUT2D eigenvalue weighted by molar-refractivity contribution is 5.66. The fourth-order valence-electron chi connectivity index (χ4n) is 4.23. The van der Waals surface area contributed by atoms with E-state index in [0.717, 1.165) is 51.4 Å². The molecule has 0 atom stereocenters. The van der Waals surface area contributed by atoms with Crippen LogP contribution in [-0.2, 0) is 9.59 Å². The highest BCUT2D eigenvalue weighted by Crippen LogP contribution is 2.09. The van der Waals surface area contributed by atoms with Gasteiger partial charge in [0.15, 0.2) is 0 Å². The lowest BCUT2D eigenvalue weighted by Gasteiger charge is -1.98. The summed E-state index contributed by atoms with van der Waals surface area (Å²) in [7, 11) is 0. The van der Waals surface area contributed by atoms with Crippen LogP contribution in [-0.4, -0.2) is 56.8 Å². The quantitative estimate of drug-likeness (QED) is 0.0385. The average molecular weight is 653 g/mol. The van der Waals surface area contributed by atoms with Crippen molar-refractivity contribution in [2.45, 2.75) is 174 Å². The summed E-state index contributed by atoms with van der Waals surface area (Å²) in [6.45, 7) is 3.74. The summed E-state index contributed by atoms with van der Waals surface area (Å²) >= 11 is 0. The van der Waals surface area contributed by atoms with E-state index in [1.165, 1.54) is 89.9 Å². The molecule has 0 amide bonds. The van der Waals surface area contributed by atoms with Gasteiger partial charge in [-0.3, -0.25) is 9.59 Å². The number of rotatable bonds is 30. The predicted octanol–water partition coefficient (Wildman–Crippen LogP) is 10.1. The first-order chi connectivity index (χ1) is 22.3. The topological polar surface area (TPSA) is 135 Å². The number of aliphatic hydroxyl groups excluding tert-OH is 3. The van der Waals surface area contributed by atoms with Crippen LogP contribution < -0.4 is 0 Å². The van der Waals surface area contributed by atoms with Gasteiger partial charge in [-0.05, 0) is 77.0 Å². The molecule has 7 heteroatoms. The van der Waals surface area contributed by atoms with Crippen LogP contribution in [0.2, 0.25) is 0 Å². The molecule has 0 spiro atoms. The van der Waals surface area contributed by atoms with Gasteiger partial charge in [-0.2, -0.15) is 0 Å². The minimum atomic E-state index is -0.954. The first kappa shape index (κ1) is 48.2. The Bertz CT molecular complexity index is 668. The minimum Gasteiger partial charge on any atom is -0.481 e. The van der Waals surface area contributed by atoms with E-state index in [1.54, 1.807) is 0 Å². The predicted molar refractivity (Wildman–Crippen MR) is 194 cm³/mol. The largest absolute Gasteiger partial charge is 0.481 e. The van der Waals surface area contributed by atoms with E-state index in [1.807, 2.05) is 0 Å². The van der Waals surface area contributed by atoms with Gasteiger partial charge >= 0.3 is 11.9 Å². The van der Waals surface area contributed by atoms with Gasteiger partial charge in [-0.1, -0.05) is 127 Å². The molecular formula is C39H72O7. The highest BCUT2D eigenvalue weighted by Gasteiger charge is 1.97. The molecular weight excluding hydrogens is 580 g/mol. The fraction of sp³-hybridized carbons (Fsp3) is 0.744. The van der Waals surface area contributed by atoms with Crippen molar-refractivity contribution in [3.05, 3.63) is 48.6 Å². The Morgan fingerprint density at radius 3 is 1.00 bits per heavy atom. The molecule has 0 aliphatic rings. The number of hydrogen-bond acceptors (Lipinski definition) is 5. The maximum Gasteiger partial charge on any atom is 0.303 e. The SMILES string of the molecule is CCCCC/C=C\C/C=C\CCCCCCCC(=O)O.CCCCC/C=C\C/C=C\CCCCCCCC(=O)O.OCC(O)CO. The monoisotopic (exact) mass is 653 g/mol. The van der Waals surface area contributed by atoms with E-state index in [9.17, 15) is 9.59 Å². The first-order valence-corrected chi connectivity index (χ1v) is 18.3. The number of carboxylic acids is 2. The summed E-state index contributed by atoms with van der Waals surface area (Å²) in [5, 5.41) is 41.0. The molecule has 0 rings (SSSR count). The van der Waals surface area contributed by atoms with Gasteiger partial charge in [0.25, 0.3) is 0 Å². The van der Waals surface area contributed by atoms with Crippen molar-refractivity contribution in [3.63, 3.8) is 0 Å². The van der Waals surface area contributed by atoms with Crippen LogP contribution in [0.5, 0.6) is 0 Å². The molecule has 46 heavy (non-hydrogen) atoms. The molecule has 0 saturated carbocycles. The maximum absolute atomic E-state index is 10.3. The van der Waals surface area contributed by atoms with Crippen molar-refractivity contribution < 1.29 is 35.1 Å². The Labute approximate surface area is 282 Å². The summed E-state index contributed by atoms with van der Waals surface area (Å²) in [6.07, 6.45) is 43.6. The van der Waals surface area contributed by atoms with Gasteiger partial charge in [0.1, 0.15) is 6.10 Å². The standard InChI is InChI=1S/2C18H32O2.C3H8O3/c2*1-2-3-4-5-6-7-8-9-10-11-12-13-14-15-16-17-18(19)20;4-1-3(6)2-5/h2*6-7,9-10H,2-5,8,11-17H2,1H3,(H,19,20);3-6H,1-2H2/b2*7-6-,10-9-;. The summed E-state index contributed by atoms with van der Waals surface area (Å²) in [5.74, 6) is -1.34. The number of carbonyl (C=O) groups is 2. The van der Waals surface area contributed by atoms with Crippen LogP contribution in [0.15, 0.2) is 48.6 Å². The minimum absolute atomic E-state index is 0.324. The molecule has 270 valence electrons. The molecule has 0 aliphatic heterocycles. The van der Waals surface area contributed by atoms with E-state index >= 15 is 0 Å². The fourth-order valence-corrected chi connectivity index (χ4v) is 4.23. The molecule has 0 heterocycles. The second-order valence-electron chi connectivity index (χ2n) is 11.8. The van der Waals surface area contributed by atoms with Crippen LogP contribution in [0.4, 0.5) is 0 Å². The van der Waals surface area contributed by atoms with E-state index < -0.39 is 18.0 Å². The van der Waals surface area contributed by atoms with E-state index in [4.69, 9.17) is 25.5 Å². The molecule has 0 aromatic heterocycles. The van der Waals surface area contributed by atoms with Crippen molar-refractivity contribution >= 4 is 11.9 Å². The van der Waals surface area contributed by atoms with Crippen LogP contribution in [0.1, 0.15) is 168 Å². The Morgan fingerprint density at radius 2 is 0.739 bits per heavy atom. The zero-order valence-corrected chi connectivity index (χ0v) is 29.6. The average Bonchev–Trinajstić information content (AvgIpc) is 3.04. The zero-order valence-electron chi connectivity index (χ0n) is 29.6. The molecule has 5 N–H and O–H groups in total. The number of aliphatic carboxylic acids is 2. The smallest absolute Gasteiger partial charge is 0.303 e. The van der Waals surface area contributed by atoms with Crippen molar-refractivity contribution in [2.24, 2.45) is 0 Å². The Kier molecular flexibility index (Phi) is 47.0. The van der Waals surface area contributed by atoms with Crippen LogP contribution in [0.25, 0.3) is 0 Å². The second-order valence-corrected chi connectivity index (χ2v) is 11.8. The Balaban J connectivity index is -0.000000682. The lowest BCUT2D eigenvalue weighted by molar-refractivity contribution is -0.138. The van der Waals surface area contributed by atoms with E-state index in [2.05, 4.69) is 62.5 Å². The number of carboxylic acid groups (broad SMARTS) is 2. The third-order valence-corrected chi connectivity index (χ3v) is 7.10. The number of allylic oxidation sites excluding steroid dienone is 8. The normalized spacial score (nSPS) is 11.4. The van der Waals surface area contributed by atoms with Gasteiger partial charge in [0.05, 0.1) is 13.2 Å². The number of unbranched alkanes of at least 4 members (excludes halogenated alkanes) is 16. The van der Waals surface area contributed by atoms with Crippen molar-refractivity contribution in [2.75, 3.05) is 13.2 Å². The third-order valence-electron chi connectivity index (χ3n) is 7.10. The maximum atomic E-state index is 10.3. The third kappa shape index (κ3) is 54.3.